The molecule has 10 heteroatoms. The highest BCUT2D eigenvalue weighted by atomic mass is 32.2. The molecule has 27 heavy (non-hydrogen) atoms. The number of allylic oxidation sites excluding steroid dienone is 1. The molecule has 1 aromatic rings. The third-order valence-electron chi connectivity index (χ3n) is 4.67. The molecule has 9 nitrogen and oxygen atoms in total. The number of hydrogen-bond acceptors (Lipinski definition) is 6. The maximum Gasteiger partial charge on any atom is 0.326 e. The van der Waals surface area contributed by atoms with Crippen LogP contribution in [0.3, 0.4) is 0 Å². The van der Waals surface area contributed by atoms with Gasteiger partial charge in [0.05, 0.1) is 0 Å². The summed E-state index contributed by atoms with van der Waals surface area (Å²) in [5.41, 5.74) is -1.19. The van der Waals surface area contributed by atoms with E-state index in [-0.39, 0.29) is 35.6 Å². The van der Waals surface area contributed by atoms with Gasteiger partial charge in [-0.1, -0.05) is 30.2 Å². The van der Waals surface area contributed by atoms with Crippen molar-refractivity contribution >= 4 is 21.9 Å². The molecule has 0 aliphatic heterocycles. The van der Waals surface area contributed by atoms with E-state index in [9.17, 15) is 23.1 Å². The lowest BCUT2D eigenvalue weighted by Gasteiger charge is -2.30. The van der Waals surface area contributed by atoms with Gasteiger partial charge in [0.25, 0.3) is 0 Å². The zero-order chi connectivity index (χ0) is 20.2. The standard InChI is InChI=1S/C17H25N3O6S/c1-4-5-8-13(15(21)22)18-16(23)17(9-6-7-10-17)20-27(24,25)14-11(2)19-26-12(14)3/h4-5,13,20H,6-10H2,1-3H3,(H,18,23)(H,21,22)/b5-4+. The van der Waals surface area contributed by atoms with Gasteiger partial charge in [-0.25, -0.2) is 13.2 Å². The normalized spacial score (nSPS) is 17.9. The molecule has 1 aliphatic rings. The SMILES string of the molecule is C/C=C/CC(NC(=O)C1(NS(=O)(=O)c2c(C)noc2C)CCCC1)C(=O)O. The Morgan fingerprint density at radius 3 is 2.44 bits per heavy atom. The first-order valence-electron chi connectivity index (χ1n) is 8.75. The van der Waals surface area contributed by atoms with Gasteiger partial charge in [-0.05, 0) is 40.0 Å². The Kier molecular flexibility index (Phi) is 6.42. The van der Waals surface area contributed by atoms with Gasteiger partial charge in [-0.2, -0.15) is 4.72 Å². The number of aryl methyl sites for hydroxylation is 2. The van der Waals surface area contributed by atoms with Crippen molar-refractivity contribution in [3.63, 3.8) is 0 Å². The maximum absolute atomic E-state index is 12.9. The Bertz CT molecular complexity index is 817. The molecule has 1 aliphatic carbocycles. The van der Waals surface area contributed by atoms with Crippen molar-refractivity contribution in [3.8, 4) is 0 Å². The second-order valence-corrected chi connectivity index (χ2v) is 8.34. The number of carboxylic acids is 1. The average molecular weight is 399 g/mol. The Morgan fingerprint density at radius 2 is 1.96 bits per heavy atom. The summed E-state index contributed by atoms with van der Waals surface area (Å²) in [7, 11) is -4.07. The third kappa shape index (κ3) is 4.56. The van der Waals surface area contributed by atoms with Gasteiger partial charge in [0.2, 0.25) is 15.9 Å². The number of sulfonamides is 1. The molecule has 1 unspecified atom stereocenters. The van der Waals surface area contributed by atoms with E-state index in [1.165, 1.54) is 13.8 Å². The van der Waals surface area contributed by atoms with Crippen molar-refractivity contribution in [2.24, 2.45) is 0 Å². The number of rotatable bonds is 8. The second-order valence-electron chi connectivity index (χ2n) is 6.72. The smallest absolute Gasteiger partial charge is 0.326 e. The van der Waals surface area contributed by atoms with Gasteiger partial charge in [-0.3, -0.25) is 4.79 Å². The Balaban J connectivity index is 2.29. The predicted octanol–water partition coefficient (Wildman–Crippen LogP) is 1.42. The molecule has 1 amide bonds. The fourth-order valence-corrected chi connectivity index (χ4v) is 5.07. The zero-order valence-electron chi connectivity index (χ0n) is 15.6. The molecular weight excluding hydrogens is 374 g/mol. The molecule has 0 saturated heterocycles. The summed E-state index contributed by atoms with van der Waals surface area (Å²) in [5.74, 6) is -1.68. The Hall–Kier alpha value is -2.20. The molecule has 0 aromatic carbocycles. The lowest BCUT2D eigenvalue weighted by atomic mass is 9.97. The molecule has 0 bridgehead atoms. The molecule has 3 N–H and O–H groups in total. The highest BCUT2D eigenvalue weighted by Gasteiger charge is 2.46. The van der Waals surface area contributed by atoms with Gasteiger partial charge in [0, 0.05) is 0 Å². The quantitative estimate of drug-likeness (QED) is 0.562. The lowest BCUT2D eigenvalue weighted by Crippen LogP contribution is -2.59. The highest BCUT2D eigenvalue weighted by molar-refractivity contribution is 7.89. The summed E-state index contributed by atoms with van der Waals surface area (Å²) in [4.78, 5) is 24.2. The second kappa shape index (κ2) is 8.22. The summed E-state index contributed by atoms with van der Waals surface area (Å²) in [6.07, 6.45) is 5.33. The number of carbonyl (C=O) groups is 2. The number of amides is 1. The van der Waals surface area contributed by atoms with E-state index in [4.69, 9.17) is 4.52 Å². The molecule has 1 aromatic heterocycles. The molecule has 2 rings (SSSR count). The summed E-state index contributed by atoms with van der Waals surface area (Å²) < 4.78 is 33.2. The van der Waals surface area contributed by atoms with E-state index in [0.29, 0.717) is 12.8 Å². The number of aromatic nitrogens is 1. The van der Waals surface area contributed by atoms with Crippen molar-refractivity contribution < 1.29 is 27.6 Å². The summed E-state index contributed by atoms with van der Waals surface area (Å²) in [6.45, 7) is 4.73. The molecule has 1 heterocycles. The van der Waals surface area contributed by atoms with Crippen molar-refractivity contribution in [3.05, 3.63) is 23.6 Å². The summed E-state index contributed by atoms with van der Waals surface area (Å²) in [6, 6.07) is -1.13. The highest BCUT2D eigenvalue weighted by Crippen LogP contribution is 2.33. The van der Waals surface area contributed by atoms with E-state index in [1.807, 2.05) is 0 Å². The molecule has 0 radical (unpaired) electrons. The Morgan fingerprint density at radius 1 is 1.33 bits per heavy atom. The lowest BCUT2D eigenvalue weighted by molar-refractivity contribution is -0.142. The van der Waals surface area contributed by atoms with Crippen molar-refractivity contribution in [1.82, 2.24) is 15.2 Å². The van der Waals surface area contributed by atoms with Crippen LogP contribution in [0.4, 0.5) is 0 Å². The first-order valence-corrected chi connectivity index (χ1v) is 10.2. The van der Waals surface area contributed by atoms with Crippen molar-refractivity contribution in [1.29, 1.82) is 0 Å². The Labute approximate surface area is 158 Å². The fraction of sp³-hybridized carbons (Fsp3) is 0.588. The van der Waals surface area contributed by atoms with Gasteiger partial charge < -0.3 is 14.9 Å². The molecular formula is C17H25N3O6S. The molecule has 1 saturated carbocycles. The zero-order valence-corrected chi connectivity index (χ0v) is 16.4. The van der Waals surface area contributed by atoms with Crippen LogP contribution in [0, 0.1) is 13.8 Å². The topological polar surface area (TPSA) is 139 Å². The van der Waals surface area contributed by atoms with Crippen LogP contribution in [0.1, 0.15) is 50.5 Å². The minimum absolute atomic E-state index is 0.0923. The van der Waals surface area contributed by atoms with Crippen LogP contribution in [-0.4, -0.2) is 42.1 Å². The van der Waals surface area contributed by atoms with Crippen LogP contribution in [-0.2, 0) is 19.6 Å². The van der Waals surface area contributed by atoms with Crippen LogP contribution in [0.25, 0.3) is 0 Å². The molecule has 0 spiro atoms. The van der Waals surface area contributed by atoms with Gasteiger partial charge in [0.1, 0.15) is 22.2 Å². The van der Waals surface area contributed by atoms with Crippen molar-refractivity contribution in [2.75, 3.05) is 0 Å². The van der Waals surface area contributed by atoms with Crippen LogP contribution in [0.2, 0.25) is 0 Å². The van der Waals surface area contributed by atoms with E-state index in [2.05, 4.69) is 15.2 Å². The first kappa shape index (κ1) is 21.1. The molecule has 150 valence electrons. The number of hydrogen-bond donors (Lipinski definition) is 3. The van der Waals surface area contributed by atoms with E-state index in [0.717, 1.165) is 0 Å². The third-order valence-corrected chi connectivity index (χ3v) is 6.45. The number of aliphatic carboxylic acids is 1. The van der Waals surface area contributed by atoms with Gasteiger partial charge in [0.15, 0.2) is 5.76 Å². The largest absolute Gasteiger partial charge is 0.480 e. The minimum atomic E-state index is -4.07. The number of nitrogens with zero attached hydrogens (tertiary/aromatic N) is 1. The average Bonchev–Trinajstić information content (AvgIpc) is 3.18. The monoisotopic (exact) mass is 399 g/mol. The molecule has 1 atom stereocenters. The van der Waals surface area contributed by atoms with Crippen molar-refractivity contribution in [2.45, 2.75) is 69.4 Å². The minimum Gasteiger partial charge on any atom is -0.480 e. The van der Waals surface area contributed by atoms with E-state index < -0.39 is 33.5 Å². The summed E-state index contributed by atoms with van der Waals surface area (Å²) in [5, 5.41) is 15.4. The van der Waals surface area contributed by atoms with Crippen LogP contribution < -0.4 is 10.0 Å². The summed E-state index contributed by atoms with van der Waals surface area (Å²) >= 11 is 0. The molecule has 1 fully saturated rings. The maximum atomic E-state index is 12.9. The van der Waals surface area contributed by atoms with E-state index >= 15 is 0 Å². The fourth-order valence-electron chi connectivity index (χ4n) is 3.31. The van der Waals surface area contributed by atoms with Gasteiger partial charge in [-0.15, -0.1) is 0 Å². The predicted molar refractivity (Wildman–Crippen MR) is 96.5 cm³/mol. The number of carboxylic acid groups (broad SMARTS) is 1. The number of carbonyl (C=O) groups excluding carboxylic acids is 1. The van der Waals surface area contributed by atoms with Crippen LogP contribution in [0.5, 0.6) is 0 Å². The van der Waals surface area contributed by atoms with Crippen LogP contribution >= 0.6 is 0 Å². The van der Waals surface area contributed by atoms with Gasteiger partial charge >= 0.3 is 5.97 Å². The number of nitrogens with one attached hydrogen (secondary N) is 2. The first-order chi connectivity index (χ1) is 12.6. The van der Waals surface area contributed by atoms with Crippen LogP contribution in [0.15, 0.2) is 21.6 Å². The van der Waals surface area contributed by atoms with E-state index in [1.54, 1.807) is 19.1 Å².